The fourth-order valence-electron chi connectivity index (χ4n) is 1.49. The van der Waals surface area contributed by atoms with Crippen molar-refractivity contribution in [2.24, 2.45) is 0 Å². The molecule has 86 valence electrons. The first-order chi connectivity index (χ1) is 7.65. The van der Waals surface area contributed by atoms with Gasteiger partial charge < -0.3 is 10.6 Å². The Morgan fingerprint density at radius 3 is 2.56 bits per heavy atom. The maximum Gasteiger partial charge on any atom is 0.315 e. The number of benzene rings is 1. The standard InChI is InChI=1S/C12H15BrN2O/c1-8(9-2-4-10(13)5-3-9)14-12(16)15-11-6-7-11/h2-5,8,11H,6-7H2,1H3,(H2,14,15,16). The first-order valence-corrected chi connectivity index (χ1v) is 6.27. The van der Waals surface area contributed by atoms with E-state index < -0.39 is 0 Å². The summed E-state index contributed by atoms with van der Waals surface area (Å²) in [6, 6.07) is 8.33. The van der Waals surface area contributed by atoms with E-state index in [0.717, 1.165) is 22.9 Å². The van der Waals surface area contributed by atoms with Gasteiger partial charge in [0.2, 0.25) is 0 Å². The van der Waals surface area contributed by atoms with Crippen LogP contribution in [0, 0.1) is 0 Å². The molecule has 16 heavy (non-hydrogen) atoms. The zero-order valence-electron chi connectivity index (χ0n) is 9.16. The second-order valence-corrected chi connectivity index (χ2v) is 5.08. The van der Waals surface area contributed by atoms with Crippen LogP contribution in [0.1, 0.15) is 31.4 Å². The van der Waals surface area contributed by atoms with E-state index in [1.165, 1.54) is 0 Å². The quantitative estimate of drug-likeness (QED) is 0.879. The van der Waals surface area contributed by atoms with Gasteiger partial charge in [-0.05, 0) is 37.5 Å². The summed E-state index contributed by atoms with van der Waals surface area (Å²) in [5, 5.41) is 5.83. The van der Waals surface area contributed by atoms with Gasteiger partial charge in [-0.1, -0.05) is 28.1 Å². The first kappa shape index (κ1) is 11.5. The van der Waals surface area contributed by atoms with Gasteiger partial charge in [0.25, 0.3) is 0 Å². The largest absolute Gasteiger partial charge is 0.335 e. The fraction of sp³-hybridized carbons (Fsp3) is 0.417. The predicted octanol–water partition coefficient (Wildman–Crippen LogP) is 2.97. The average Bonchev–Trinajstić information content (AvgIpc) is 3.02. The van der Waals surface area contributed by atoms with Crippen LogP contribution in [0.15, 0.2) is 28.7 Å². The second kappa shape index (κ2) is 4.87. The van der Waals surface area contributed by atoms with Gasteiger partial charge in [0.15, 0.2) is 0 Å². The lowest BCUT2D eigenvalue weighted by Crippen LogP contribution is -2.38. The maximum absolute atomic E-state index is 11.5. The Balaban J connectivity index is 1.88. The van der Waals surface area contributed by atoms with Crippen LogP contribution in [0.4, 0.5) is 4.79 Å². The van der Waals surface area contributed by atoms with E-state index >= 15 is 0 Å². The SMILES string of the molecule is CC(NC(=O)NC1CC1)c1ccc(Br)cc1. The molecule has 1 fully saturated rings. The van der Waals surface area contributed by atoms with Crippen molar-refractivity contribution in [2.75, 3.05) is 0 Å². The summed E-state index contributed by atoms with van der Waals surface area (Å²) in [5.41, 5.74) is 1.11. The number of carbonyl (C=O) groups is 1. The van der Waals surface area contributed by atoms with Crippen molar-refractivity contribution in [1.82, 2.24) is 10.6 Å². The number of hydrogen-bond acceptors (Lipinski definition) is 1. The summed E-state index contributed by atoms with van der Waals surface area (Å²) >= 11 is 3.39. The molecule has 0 saturated heterocycles. The highest BCUT2D eigenvalue weighted by molar-refractivity contribution is 9.10. The molecule has 1 saturated carbocycles. The van der Waals surface area contributed by atoms with Gasteiger partial charge in [0, 0.05) is 10.5 Å². The minimum absolute atomic E-state index is 0.0341. The van der Waals surface area contributed by atoms with Crippen LogP contribution in [0.25, 0.3) is 0 Å². The van der Waals surface area contributed by atoms with E-state index in [0.29, 0.717) is 6.04 Å². The van der Waals surface area contributed by atoms with Crippen molar-refractivity contribution in [3.05, 3.63) is 34.3 Å². The summed E-state index contributed by atoms with van der Waals surface area (Å²) in [5.74, 6) is 0. The Labute approximate surface area is 104 Å². The molecule has 2 rings (SSSR count). The van der Waals surface area contributed by atoms with Gasteiger partial charge in [-0.15, -0.1) is 0 Å². The van der Waals surface area contributed by atoms with E-state index in [1.54, 1.807) is 0 Å². The molecule has 0 spiro atoms. The van der Waals surface area contributed by atoms with Crippen molar-refractivity contribution in [1.29, 1.82) is 0 Å². The molecule has 0 heterocycles. The molecule has 0 aliphatic heterocycles. The second-order valence-electron chi connectivity index (χ2n) is 4.17. The third-order valence-corrected chi connectivity index (χ3v) is 3.16. The molecule has 0 radical (unpaired) electrons. The maximum atomic E-state index is 11.5. The minimum atomic E-state index is -0.0714. The number of halogens is 1. The number of amides is 2. The smallest absolute Gasteiger partial charge is 0.315 e. The Hall–Kier alpha value is -1.03. The topological polar surface area (TPSA) is 41.1 Å². The van der Waals surface area contributed by atoms with Crippen molar-refractivity contribution < 1.29 is 4.79 Å². The van der Waals surface area contributed by atoms with E-state index in [9.17, 15) is 4.79 Å². The molecule has 0 aromatic heterocycles. The van der Waals surface area contributed by atoms with Gasteiger partial charge in [0.1, 0.15) is 0 Å². The summed E-state index contributed by atoms with van der Waals surface area (Å²) in [6.07, 6.45) is 2.22. The van der Waals surface area contributed by atoms with Gasteiger partial charge >= 0.3 is 6.03 Å². The molecular formula is C12H15BrN2O. The summed E-state index contributed by atoms with van der Waals surface area (Å²) in [6.45, 7) is 1.98. The summed E-state index contributed by atoms with van der Waals surface area (Å²) in [4.78, 5) is 11.5. The molecule has 2 N–H and O–H groups in total. The Kier molecular flexibility index (Phi) is 3.49. The molecule has 1 aromatic carbocycles. The number of rotatable bonds is 3. The third-order valence-electron chi connectivity index (χ3n) is 2.63. The van der Waals surface area contributed by atoms with Crippen molar-refractivity contribution in [2.45, 2.75) is 31.8 Å². The lowest BCUT2D eigenvalue weighted by Gasteiger charge is -2.14. The van der Waals surface area contributed by atoms with Crippen LogP contribution in [0.2, 0.25) is 0 Å². The molecule has 0 bridgehead atoms. The van der Waals surface area contributed by atoms with Gasteiger partial charge in [-0.25, -0.2) is 4.79 Å². The predicted molar refractivity (Wildman–Crippen MR) is 67.2 cm³/mol. The van der Waals surface area contributed by atoms with Crippen molar-refractivity contribution in [3.63, 3.8) is 0 Å². The molecule has 1 aliphatic rings. The fourth-order valence-corrected chi connectivity index (χ4v) is 1.75. The minimum Gasteiger partial charge on any atom is -0.335 e. The Morgan fingerprint density at radius 2 is 2.00 bits per heavy atom. The van der Waals surface area contributed by atoms with Crippen LogP contribution in [-0.4, -0.2) is 12.1 Å². The number of urea groups is 1. The monoisotopic (exact) mass is 282 g/mol. The Morgan fingerprint density at radius 1 is 1.38 bits per heavy atom. The summed E-state index contributed by atoms with van der Waals surface area (Å²) in [7, 11) is 0. The van der Waals surface area contributed by atoms with E-state index in [4.69, 9.17) is 0 Å². The molecule has 1 unspecified atom stereocenters. The molecule has 2 amide bonds. The Bertz CT molecular complexity index is 373. The van der Waals surface area contributed by atoms with Crippen LogP contribution in [0.5, 0.6) is 0 Å². The molecule has 1 aromatic rings. The third kappa shape index (κ3) is 3.23. The molecule has 3 nitrogen and oxygen atoms in total. The van der Waals surface area contributed by atoms with E-state index in [-0.39, 0.29) is 12.1 Å². The number of carbonyl (C=O) groups excluding carboxylic acids is 1. The van der Waals surface area contributed by atoms with Crippen molar-refractivity contribution >= 4 is 22.0 Å². The summed E-state index contributed by atoms with van der Waals surface area (Å²) < 4.78 is 1.05. The van der Waals surface area contributed by atoms with Crippen LogP contribution < -0.4 is 10.6 Å². The highest BCUT2D eigenvalue weighted by Crippen LogP contribution is 2.19. The van der Waals surface area contributed by atoms with E-state index in [1.807, 2.05) is 31.2 Å². The van der Waals surface area contributed by atoms with Gasteiger partial charge in [-0.2, -0.15) is 0 Å². The zero-order chi connectivity index (χ0) is 11.5. The lowest BCUT2D eigenvalue weighted by molar-refractivity contribution is 0.237. The molecular weight excluding hydrogens is 268 g/mol. The van der Waals surface area contributed by atoms with Crippen LogP contribution in [-0.2, 0) is 0 Å². The molecule has 1 atom stereocenters. The lowest BCUT2D eigenvalue weighted by atomic mass is 10.1. The van der Waals surface area contributed by atoms with Crippen molar-refractivity contribution in [3.8, 4) is 0 Å². The average molecular weight is 283 g/mol. The number of hydrogen-bond donors (Lipinski definition) is 2. The normalized spacial score (nSPS) is 16.6. The first-order valence-electron chi connectivity index (χ1n) is 5.47. The van der Waals surface area contributed by atoms with E-state index in [2.05, 4.69) is 26.6 Å². The van der Waals surface area contributed by atoms with Crippen LogP contribution in [0.3, 0.4) is 0 Å². The molecule has 4 heteroatoms. The van der Waals surface area contributed by atoms with Gasteiger partial charge in [-0.3, -0.25) is 0 Å². The highest BCUT2D eigenvalue weighted by Gasteiger charge is 2.23. The zero-order valence-corrected chi connectivity index (χ0v) is 10.8. The van der Waals surface area contributed by atoms with Crippen LogP contribution >= 0.6 is 15.9 Å². The molecule has 1 aliphatic carbocycles. The number of nitrogens with one attached hydrogen (secondary N) is 2. The van der Waals surface area contributed by atoms with Gasteiger partial charge in [0.05, 0.1) is 6.04 Å². The highest BCUT2D eigenvalue weighted by atomic mass is 79.9.